The summed E-state index contributed by atoms with van der Waals surface area (Å²) in [6.45, 7) is 5.99. The van der Waals surface area contributed by atoms with Gasteiger partial charge in [-0.2, -0.15) is 0 Å². The number of aromatic nitrogens is 2. The Balaban J connectivity index is 1.34. The van der Waals surface area contributed by atoms with Gasteiger partial charge in [0.1, 0.15) is 19.1 Å². The predicted octanol–water partition coefficient (Wildman–Crippen LogP) is -0.175. The van der Waals surface area contributed by atoms with Gasteiger partial charge in [0.05, 0.1) is 32.5 Å². The molecule has 2 N–H and O–H groups in total. The number of ether oxygens (including phenoxy) is 1. The van der Waals surface area contributed by atoms with Crippen molar-refractivity contribution < 1.29 is 19.2 Å². The number of amides is 2. The van der Waals surface area contributed by atoms with Crippen LogP contribution in [0.2, 0.25) is 0 Å². The van der Waals surface area contributed by atoms with Gasteiger partial charge >= 0.3 is 0 Å². The maximum atomic E-state index is 13.4. The number of carbonyl (C=O) groups excluding carboxylic acids is 2. The third-order valence-corrected chi connectivity index (χ3v) is 5.93. The maximum Gasteiger partial charge on any atom is 0.250 e. The van der Waals surface area contributed by atoms with E-state index < -0.39 is 6.04 Å². The third kappa shape index (κ3) is 4.88. The Morgan fingerprint density at radius 1 is 1.23 bits per heavy atom. The maximum absolute atomic E-state index is 13.4. The fourth-order valence-electron chi connectivity index (χ4n) is 4.25. The Kier molecular flexibility index (Phi) is 6.76. The number of morpholine rings is 1. The third-order valence-electron chi connectivity index (χ3n) is 5.93. The van der Waals surface area contributed by atoms with Gasteiger partial charge in [-0.3, -0.25) is 9.59 Å². The first kappa shape index (κ1) is 20.6. The second kappa shape index (κ2) is 9.86. The van der Waals surface area contributed by atoms with E-state index in [0.717, 1.165) is 51.4 Å². The van der Waals surface area contributed by atoms with Crippen molar-refractivity contribution in [2.75, 3.05) is 50.8 Å². The highest BCUT2D eigenvalue weighted by Gasteiger charge is 2.32. The van der Waals surface area contributed by atoms with E-state index in [9.17, 15) is 9.59 Å². The lowest BCUT2D eigenvalue weighted by atomic mass is 10.1. The SMILES string of the molecule is O=C(CC(C(=O)N1CCc2ccccc21)n1ccnc1)NCCC[NH+]1CCOCC1. The molecular formula is C22H30N5O3+. The molecule has 0 bridgehead atoms. The zero-order chi connectivity index (χ0) is 20.8. The predicted molar refractivity (Wildman–Crippen MR) is 112 cm³/mol. The van der Waals surface area contributed by atoms with Gasteiger partial charge in [-0.1, -0.05) is 18.2 Å². The molecule has 2 amide bonds. The lowest BCUT2D eigenvalue weighted by molar-refractivity contribution is -0.908. The lowest BCUT2D eigenvalue weighted by Gasteiger charge is -2.25. The van der Waals surface area contributed by atoms with Gasteiger partial charge in [0.2, 0.25) is 5.91 Å². The molecular weight excluding hydrogens is 382 g/mol. The number of hydrogen-bond donors (Lipinski definition) is 2. The number of fused-ring (bicyclic) bond motifs is 1. The van der Waals surface area contributed by atoms with Crippen molar-refractivity contribution in [3.63, 3.8) is 0 Å². The number of imidazole rings is 1. The van der Waals surface area contributed by atoms with Gasteiger partial charge in [-0.25, -0.2) is 4.98 Å². The number of carbonyl (C=O) groups is 2. The number of rotatable bonds is 8. The van der Waals surface area contributed by atoms with E-state index in [1.807, 2.05) is 18.2 Å². The molecule has 1 fully saturated rings. The summed E-state index contributed by atoms with van der Waals surface area (Å²) in [5, 5.41) is 2.99. The Hall–Kier alpha value is -2.71. The molecule has 30 heavy (non-hydrogen) atoms. The van der Waals surface area contributed by atoms with Crippen molar-refractivity contribution >= 4 is 17.5 Å². The van der Waals surface area contributed by atoms with E-state index in [1.165, 1.54) is 10.5 Å². The van der Waals surface area contributed by atoms with Crippen molar-refractivity contribution in [1.82, 2.24) is 14.9 Å². The number of nitrogens with zero attached hydrogens (tertiary/aromatic N) is 3. The number of quaternary nitrogens is 1. The smallest absolute Gasteiger partial charge is 0.250 e. The highest BCUT2D eigenvalue weighted by Crippen LogP contribution is 2.30. The first-order chi connectivity index (χ1) is 14.7. The summed E-state index contributed by atoms with van der Waals surface area (Å²) in [4.78, 5) is 33.4. The van der Waals surface area contributed by atoms with Crippen LogP contribution in [0.4, 0.5) is 5.69 Å². The number of benzene rings is 1. The van der Waals surface area contributed by atoms with Gasteiger partial charge in [-0.05, 0) is 18.1 Å². The number of anilines is 1. The summed E-state index contributed by atoms with van der Waals surface area (Å²) < 4.78 is 7.11. The van der Waals surface area contributed by atoms with Crippen LogP contribution in [-0.4, -0.2) is 67.3 Å². The standard InChI is InChI=1S/C22H29N5O3/c28-21(24-7-3-9-25-12-14-30-15-13-25)16-20(26-11-8-23-17-26)22(29)27-10-6-18-4-1-2-5-19(18)27/h1-2,4-5,8,11,17,20H,3,6-7,9-10,12-16H2,(H,24,28)/p+1. The molecule has 1 aromatic heterocycles. The highest BCUT2D eigenvalue weighted by atomic mass is 16.5. The topological polar surface area (TPSA) is 80.9 Å². The minimum Gasteiger partial charge on any atom is -0.370 e. The molecule has 4 rings (SSSR count). The second-order valence-corrected chi connectivity index (χ2v) is 7.91. The van der Waals surface area contributed by atoms with Gasteiger partial charge in [0.25, 0.3) is 5.91 Å². The van der Waals surface area contributed by atoms with Gasteiger partial charge in [-0.15, -0.1) is 0 Å². The van der Waals surface area contributed by atoms with Crippen LogP contribution in [0.1, 0.15) is 24.4 Å². The first-order valence-corrected chi connectivity index (χ1v) is 10.8. The minimum absolute atomic E-state index is 0.0640. The molecule has 2 aliphatic heterocycles. The summed E-state index contributed by atoms with van der Waals surface area (Å²) in [5.74, 6) is -0.169. The quantitative estimate of drug-likeness (QED) is 0.590. The van der Waals surface area contributed by atoms with E-state index in [1.54, 1.807) is 28.2 Å². The van der Waals surface area contributed by atoms with Crippen LogP contribution in [-0.2, 0) is 20.7 Å². The van der Waals surface area contributed by atoms with Crippen LogP contribution in [0.5, 0.6) is 0 Å². The first-order valence-electron chi connectivity index (χ1n) is 10.8. The zero-order valence-corrected chi connectivity index (χ0v) is 17.3. The summed E-state index contributed by atoms with van der Waals surface area (Å²) in [6.07, 6.45) is 6.87. The van der Waals surface area contributed by atoms with Crippen molar-refractivity contribution in [3.05, 3.63) is 48.5 Å². The molecule has 160 valence electrons. The van der Waals surface area contributed by atoms with Crippen LogP contribution in [0.25, 0.3) is 0 Å². The lowest BCUT2D eigenvalue weighted by Crippen LogP contribution is -3.14. The van der Waals surface area contributed by atoms with Crippen molar-refractivity contribution in [1.29, 1.82) is 0 Å². The number of para-hydroxylation sites is 1. The molecule has 2 aromatic rings. The van der Waals surface area contributed by atoms with Crippen molar-refractivity contribution in [3.8, 4) is 0 Å². The Morgan fingerprint density at radius 2 is 2.07 bits per heavy atom. The fraction of sp³-hybridized carbons (Fsp3) is 0.500. The number of nitrogens with one attached hydrogen (secondary N) is 2. The molecule has 0 radical (unpaired) electrons. The van der Waals surface area contributed by atoms with Gasteiger partial charge < -0.3 is 24.4 Å². The van der Waals surface area contributed by atoms with Crippen LogP contribution in [0.3, 0.4) is 0 Å². The summed E-state index contributed by atoms with van der Waals surface area (Å²) in [7, 11) is 0. The summed E-state index contributed by atoms with van der Waals surface area (Å²) in [6, 6.07) is 7.37. The summed E-state index contributed by atoms with van der Waals surface area (Å²) in [5.41, 5.74) is 2.12. The van der Waals surface area contributed by atoms with E-state index >= 15 is 0 Å². The highest BCUT2D eigenvalue weighted by molar-refractivity contribution is 6.00. The van der Waals surface area contributed by atoms with Gasteiger partial charge in [0.15, 0.2) is 0 Å². The molecule has 0 aliphatic carbocycles. The van der Waals surface area contributed by atoms with Crippen LogP contribution < -0.4 is 15.1 Å². The van der Waals surface area contributed by atoms with E-state index in [2.05, 4.69) is 16.4 Å². The second-order valence-electron chi connectivity index (χ2n) is 7.91. The largest absolute Gasteiger partial charge is 0.370 e. The van der Waals surface area contributed by atoms with E-state index in [0.29, 0.717) is 13.1 Å². The molecule has 1 atom stereocenters. The van der Waals surface area contributed by atoms with Crippen LogP contribution >= 0.6 is 0 Å². The molecule has 1 aromatic carbocycles. The normalized spacial score (nSPS) is 17.5. The molecule has 3 heterocycles. The minimum atomic E-state index is -0.594. The van der Waals surface area contributed by atoms with Crippen molar-refractivity contribution in [2.24, 2.45) is 0 Å². The fourth-order valence-corrected chi connectivity index (χ4v) is 4.25. The number of hydrogen-bond acceptors (Lipinski definition) is 4. The average Bonchev–Trinajstić information content (AvgIpc) is 3.45. The van der Waals surface area contributed by atoms with Crippen LogP contribution in [0.15, 0.2) is 43.0 Å². The molecule has 8 heteroatoms. The van der Waals surface area contributed by atoms with Gasteiger partial charge in [0, 0.05) is 37.6 Å². The van der Waals surface area contributed by atoms with Crippen molar-refractivity contribution in [2.45, 2.75) is 25.3 Å². The van der Waals surface area contributed by atoms with Crippen LogP contribution in [0, 0.1) is 0 Å². The molecule has 8 nitrogen and oxygen atoms in total. The molecule has 0 spiro atoms. The molecule has 1 saturated heterocycles. The Bertz CT molecular complexity index is 848. The Labute approximate surface area is 176 Å². The molecule has 2 aliphatic rings. The molecule has 0 saturated carbocycles. The summed E-state index contributed by atoms with van der Waals surface area (Å²) >= 11 is 0. The van der Waals surface area contributed by atoms with E-state index in [4.69, 9.17) is 4.74 Å². The monoisotopic (exact) mass is 412 g/mol. The Morgan fingerprint density at radius 3 is 2.87 bits per heavy atom. The average molecular weight is 413 g/mol. The molecule has 1 unspecified atom stereocenters. The van der Waals surface area contributed by atoms with E-state index in [-0.39, 0.29) is 18.2 Å². The zero-order valence-electron chi connectivity index (χ0n) is 17.3.